The lowest BCUT2D eigenvalue weighted by Gasteiger charge is -2.35. The van der Waals surface area contributed by atoms with E-state index in [2.05, 4.69) is 25.0 Å². The second-order valence-electron chi connectivity index (χ2n) is 3.61. The van der Waals surface area contributed by atoms with Gasteiger partial charge in [-0.25, -0.2) is 0 Å². The number of rotatable bonds is 4. The molecule has 0 aromatic rings. The number of allylic oxidation sites excluding steroid dienone is 1. The minimum absolute atomic E-state index is 0.125. The van der Waals surface area contributed by atoms with E-state index in [1.807, 2.05) is 12.2 Å². The zero-order chi connectivity index (χ0) is 10.6. The molecule has 0 saturated carbocycles. The lowest BCUT2D eigenvalue weighted by atomic mass is 9.93. The fourth-order valence-electron chi connectivity index (χ4n) is 1.94. The van der Waals surface area contributed by atoms with Crippen molar-refractivity contribution in [1.29, 1.82) is 0 Å². The molecule has 0 saturated heterocycles. The molecule has 2 heteroatoms. The Morgan fingerprint density at radius 1 is 1.43 bits per heavy atom. The van der Waals surface area contributed by atoms with Crippen LogP contribution in [0.15, 0.2) is 36.5 Å². The highest BCUT2D eigenvalue weighted by Crippen LogP contribution is 2.25. The van der Waals surface area contributed by atoms with Gasteiger partial charge in [-0.05, 0) is 24.0 Å². The van der Waals surface area contributed by atoms with E-state index in [1.165, 1.54) is 11.1 Å². The van der Waals surface area contributed by atoms with E-state index in [9.17, 15) is 5.11 Å². The summed E-state index contributed by atoms with van der Waals surface area (Å²) in [5.74, 6) is 0. The van der Waals surface area contributed by atoms with Crippen LogP contribution in [0.3, 0.4) is 0 Å². The zero-order valence-electron chi connectivity index (χ0n) is 8.87. The van der Waals surface area contributed by atoms with Crippen LogP contribution in [0, 0.1) is 0 Å². The number of hydrogen-bond acceptors (Lipinski definition) is 2. The summed E-state index contributed by atoms with van der Waals surface area (Å²) in [5, 5.41) is 9.21. The fourth-order valence-corrected chi connectivity index (χ4v) is 1.94. The van der Waals surface area contributed by atoms with Gasteiger partial charge in [-0.1, -0.05) is 32.2 Å². The van der Waals surface area contributed by atoms with E-state index in [0.717, 1.165) is 19.4 Å². The van der Waals surface area contributed by atoms with Crippen LogP contribution in [0.4, 0.5) is 0 Å². The van der Waals surface area contributed by atoms with E-state index in [-0.39, 0.29) is 6.73 Å². The maximum absolute atomic E-state index is 9.21. The molecule has 0 unspecified atom stereocenters. The van der Waals surface area contributed by atoms with Gasteiger partial charge in [0.1, 0.15) is 0 Å². The Bertz CT molecular complexity index is 229. The van der Waals surface area contributed by atoms with Gasteiger partial charge in [0.05, 0.1) is 6.73 Å². The molecule has 1 N–H and O–H groups in total. The molecule has 0 aromatic heterocycles. The van der Waals surface area contributed by atoms with Crippen LogP contribution in [0.1, 0.15) is 19.8 Å². The van der Waals surface area contributed by atoms with Gasteiger partial charge in [0.15, 0.2) is 0 Å². The van der Waals surface area contributed by atoms with Gasteiger partial charge in [-0.15, -0.1) is 0 Å². The maximum atomic E-state index is 9.21. The van der Waals surface area contributed by atoms with Crippen molar-refractivity contribution in [3.8, 4) is 0 Å². The first-order valence-electron chi connectivity index (χ1n) is 5.08. The highest BCUT2D eigenvalue weighted by Gasteiger charge is 2.23. The minimum atomic E-state index is 0.125. The Balaban J connectivity index is 2.88. The molecule has 0 aliphatic carbocycles. The van der Waals surface area contributed by atoms with Crippen LogP contribution in [-0.4, -0.2) is 29.3 Å². The smallest absolute Gasteiger partial charge is 0.0961 e. The molecule has 0 bridgehead atoms. The number of nitrogens with zero attached hydrogens (tertiary/aromatic N) is 1. The minimum Gasteiger partial charge on any atom is -0.381 e. The third-order valence-electron chi connectivity index (χ3n) is 2.90. The van der Waals surface area contributed by atoms with Crippen LogP contribution < -0.4 is 0 Å². The van der Waals surface area contributed by atoms with Gasteiger partial charge in [0.2, 0.25) is 0 Å². The Kier molecular flexibility index (Phi) is 4.11. The molecule has 1 heterocycles. The molecule has 2 nitrogen and oxygen atoms in total. The summed E-state index contributed by atoms with van der Waals surface area (Å²) in [6, 6.07) is 0.441. The lowest BCUT2D eigenvalue weighted by molar-refractivity contribution is 0.0695. The highest BCUT2D eigenvalue weighted by atomic mass is 16.3. The average molecular weight is 193 g/mol. The Morgan fingerprint density at radius 2 is 2.07 bits per heavy atom. The van der Waals surface area contributed by atoms with Crippen molar-refractivity contribution in [1.82, 2.24) is 4.90 Å². The molecular weight excluding hydrogens is 174 g/mol. The summed E-state index contributed by atoms with van der Waals surface area (Å²) < 4.78 is 0. The predicted molar refractivity (Wildman–Crippen MR) is 59.9 cm³/mol. The fraction of sp³-hybridized carbons (Fsp3) is 0.500. The van der Waals surface area contributed by atoms with Gasteiger partial charge in [-0.3, -0.25) is 4.90 Å². The molecule has 1 aliphatic rings. The van der Waals surface area contributed by atoms with Gasteiger partial charge in [-0.2, -0.15) is 0 Å². The first kappa shape index (κ1) is 11.2. The molecule has 0 spiro atoms. The molecule has 78 valence electrons. The first-order valence-corrected chi connectivity index (χ1v) is 5.08. The molecule has 1 atom stereocenters. The summed E-state index contributed by atoms with van der Waals surface area (Å²) in [4.78, 5) is 2.07. The first-order chi connectivity index (χ1) is 6.76. The largest absolute Gasteiger partial charge is 0.381 e. The summed E-state index contributed by atoms with van der Waals surface area (Å²) in [6.07, 6.45) is 5.81. The molecule has 1 rings (SSSR count). The van der Waals surface area contributed by atoms with Crippen molar-refractivity contribution in [3.63, 3.8) is 0 Å². The van der Waals surface area contributed by atoms with E-state index < -0.39 is 0 Å². The number of hydrogen-bond donors (Lipinski definition) is 1. The lowest BCUT2D eigenvalue weighted by Crippen LogP contribution is -2.40. The van der Waals surface area contributed by atoms with Crippen molar-refractivity contribution >= 4 is 0 Å². The van der Waals surface area contributed by atoms with Crippen LogP contribution in [0.5, 0.6) is 0 Å². The van der Waals surface area contributed by atoms with Gasteiger partial charge >= 0.3 is 0 Å². The third kappa shape index (κ3) is 2.14. The Morgan fingerprint density at radius 3 is 2.50 bits per heavy atom. The topological polar surface area (TPSA) is 23.5 Å². The quantitative estimate of drug-likeness (QED) is 0.739. The van der Waals surface area contributed by atoms with Crippen molar-refractivity contribution in [2.24, 2.45) is 0 Å². The van der Waals surface area contributed by atoms with Gasteiger partial charge < -0.3 is 5.11 Å². The predicted octanol–water partition coefficient (Wildman–Crippen LogP) is 2.09. The van der Waals surface area contributed by atoms with Crippen molar-refractivity contribution in [3.05, 3.63) is 36.5 Å². The van der Waals surface area contributed by atoms with Crippen molar-refractivity contribution < 1.29 is 5.11 Å². The van der Waals surface area contributed by atoms with Crippen LogP contribution in [0.25, 0.3) is 0 Å². The van der Waals surface area contributed by atoms with Crippen molar-refractivity contribution in [2.75, 3.05) is 13.3 Å². The average Bonchev–Trinajstić information content (AvgIpc) is 2.26. The molecule has 14 heavy (non-hydrogen) atoms. The monoisotopic (exact) mass is 193 g/mol. The number of aliphatic hydroxyl groups is 1. The van der Waals surface area contributed by atoms with E-state index in [4.69, 9.17) is 0 Å². The number of aliphatic hydroxyl groups excluding tert-OH is 1. The van der Waals surface area contributed by atoms with Crippen LogP contribution in [0.2, 0.25) is 0 Å². The van der Waals surface area contributed by atoms with Crippen LogP contribution in [-0.2, 0) is 0 Å². The molecular formula is C12H19NO. The SMILES string of the molecule is C=CC1=C(C=C)CN(CO)[C@@H](CC)C1. The van der Waals surface area contributed by atoms with E-state index in [0.29, 0.717) is 6.04 Å². The van der Waals surface area contributed by atoms with Gasteiger partial charge in [0.25, 0.3) is 0 Å². The normalized spacial score (nSPS) is 23.7. The van der Waals surface area contributed by atoms with E-state index >= 15 is 0 Å². The molecule has 0 amide bonds. The highest BCUT2D eigenvalue weighted by molar-refractivity contribution is 5.35. The van der Waals surface area contributed by atoms with E-state index in [1.54, 1.807) is 0 Å². The van der Waals surface area contributed by atoms with Crippen molar-refractivity contribution in [2.45, 2.75) is 25.8 Å². The Labute approximate surface area is 86.2 Å². The summed E-state index contributed by atoms with van der Waals surface area (Å²) in [5.41, 5.74) is 2.47. The summed E-state index contributed by atoms with van der Waals surface area (Å²) in [7, 11) is 0. The second-order valence-corrected chi connectivity index (χ2v) is 3.61. The molecule has 0 fully saturated rings. The summed E-state index contributed by atoms with van der Waals surface area (Å²) in [6.45, 7) is 10.7. The van der Waals surface area contributed by atoms with Crippen LogP contribution >= 0.6 is 0 Å². The Hall–Kier alpha value is -0.860. The third-order valence-corrected chi connectivity index (χ3v) is 2.90. The second kappa shape index (κ2) is 5.13. The molecule has 0 radical (unpaired) electrons. The molecule has 0 aromatic carbocycles. The summed E-state index contributed by atoms with van der Waals surface area (Å²) >= 11 is 0. The molecule has 1 aliphatic heterocycles. The standard InChI is InChI=1S/C12H19NO/c1-4-10-7-12(6-3)13(9-14)8-11(10)5-2/h4-5,12,14H,1-2,6-9H2,3H3/t12-/m0/s1. The zero-order valence-corrected chi connectivity index (χ0v) is 8.87. The van der Waals surface area contributed by atoms with Gasteiger partial charge in [0, 0.05) is 12.6 Å². The maximum Gasteiger partial charge on any atom is 0.0961 e.